The Morgan fingerprint density at radius 3 is 2.71 bits per heavy atom. The molecule has 1 aliphatic rings. The van der Waals surface area contributed by atoms with Gasteiger partial charge < -0.3 is 14.3 Å². The highest BCUT2D eigenvalue weighted by atomic mass is 16.6. The third-order valence-corrected chi connectivity index (χ3v) is 3.07. The predicted molar refractivity (Wildman–Crippen MR) is 57.1 cm³/mol. The van der Waals surface area contributed by atoms with Crippen molar-refractivity contribution in [3.8, 4) is 0 Å². The number of ether oxygens (including phenoxy) is 1. The monoisotopic (exact) mass is 238 g/mol. The molecule has 0 saturated heterocycles. The molecule has 0 aromatic carbocycles. The van der Waals surface area contributed by atoms with Gasteiger partial charge in [-0.15, -0.1) is 0 Å². The van der Waals surface area contributed by atoms with Crippen LogP contribution in [0.15, 0.2) is 22.8 Å². The smallest absolute Gasteiger partial charge is 0.306 e. The fraction of sp³-hybridized carbons (Fsp3) is 0.500. The maximum atomic E-state index is 11.0. The van der Waals surface area contributed by atoms with E-state index in [9.17, 15) is 9.59 Å². The summed E-state index contributed by atoms with van der Waals surface area (Å²) >= 11 is 0. The largest absolute Gasteiger partial charge is 0.481 e. The van der Waals surface area contributed by atoms with Crippen molar-refractivity contribution < 1.29 is 23.8 Å². The Labute approximate surface area is 98.4 Å². The lowest BCUT2D eigenvalue weighted by Gasteiger charge is -2.36. The van der Waals surface area contributed by atoms with Gasteiger partial charge in [-0.1, -0.05) is 0 Å². The van der Waals surface area contributed by atoms with E-state index in [2.05, 4.69) is 0 Å². The molecule has 1 atom stereocenters. The molecule has 1 aliphatic carbocycles. The quantitative estimate of drug-likeness (QED) is 0.812. The molecule has 1 heterocycles. The van der Waals surface area contributed by atoms with E-state index < -0.39 is 12.1 Å². The van der Waals surface area contributed by atoms with Crippen molar-refractivity contribution in [2.45, 2.75) is 25.9 Å². The van der Waals surface area contributed by atoms with Gasteiger partial charge in [0.15, 0.2) is 6.10 Å². The first-order valence-electron chi connectivity index (χ1n) is 5.51. The minimum atomic E-state index is -0.790. The third kappa shape index (κ3) is 2.49. The number of carbonyl (C=O) groups excluding carboxylic acids is 1. The topological polar surface area (TPSA) is 76.7 Å². The summed E-state index contributed by atoms with van der Waals surface area (Å²) in [5.74, 6) is -0.888. The van der Waals surface area contributed by atoms with Crippen LogP contribution >= 0.6 is 0 Å². The zero-order chi connectivity index (χ0) is 12.4. The van der Waals surface area contributed by atoms with E-state index in [1.807, 2.05) is 0 Å². The lowest BCUT2D eigenvalue weighted by atomic mass is 9.71. The number of carboxylic acids is 1. The van der Waals surface area contributed by atoms with Crippen LogP contribution in [0.3, 0.4) is 0 Å². The van der Waals surface area contributed by atoms with E-state index in [4.69, 9.17) is 14.3 Å². The van der Waals surface area contributed by atoms with Gasteiger partial charge in [-0.25, -0.2) is 0 Å². The molecule has 92 valence electrons. The van der Waals surface area contributed by atoms with Gasteiger partial charge in [0.25, 0.3) is 0 Å². The van der Waals surface area contributed by atoms with E-state index >= 15 is 0 Å². The molecule has 17 heavy (non-hydrogen) atoms. The van der Waals surface area contributed by atoms with E-state index in [0.717, 1.165) is 0 Å². The van der Waals surface area contributed by atoms with Crippen molar-refractivity contribution in [2.75, 3.05) is 0 Å². The van der Waals surface area contributed by atoms with Gasteiger partial charge >= 0.3 is 11.9 Å². The molecule has 0 spiro atoms. The van der Waals surface area contributed by atoms with Crippen molar-refractivity contribution in [1.82, 2.24) is 0 Å². The number of hydrogen-bond acceptors (Lipinski definition) is 4. The molecular formula is C12H14O5. The van der Waals surface area contributed by atoms with Crippen LogP contribution in [0.25, 0.3) is 0 Å². The van der Waals surface area contributed by atoms with Crippen LogP contribution in [-0.2, 0) is 14.3 Å². The Bertz CT molecular complexity index is 403. The van der Waals surface area contributed by atoms with Crippen LogP contribution in [0.2, 0.25) is 0 Å². The molecule has 5 nitrogen and oxygen atoms in total. The molecule has 1 fully saturated rings. The summed E-state index contributed by atoms with van der Waals surface area (Å²) in [5.41, 5.74) is 0. The first kappa shape index (κ1) is 11.7. The Balaban J connectivity index is 2.03. The van der Waals surface area contributed by atoms with Gasteiger partial charge in [-0.3, -0.25) is 9.59 Å². The maximum Gasteiger partial charge on any atom is 0.306 e. The Hall–Kier alpha value is -1.78. The normalized spacial score (nSPS) is 24.8. The standard InChI is InChI=1S/C12H14O5/c1-7(13)17-11(10-3-2-4-16-10)8-5-9(6-8)12(14)15/h2-4,8-9,11H,5-6H2,1H3,(H,14,15). The van der Waals surface area contributed by atoms with Gasteiger partial charge in [-0.2, -0.15) is 0 Å². The summed E-state index contributed by atoms with van der Waals surface area (Å²) in [6.45, 7) is 1.34. The van der Waals surface area contributed by atoms with Gasteiger partial charge in [0.2, 0.25) is 0 Å². The van der Waals surface area contributed by atoms with Crippen LogP contribution in [0.5, 0.6) is 0 Å². The summed E-state index contributed by atoms with van der Waals surface area (Å²) in [4.78, 5) is 21.8. The average molecular weight is 238 g/mol. The Kier molecular flexibility index (Phi) is 3.17. The first-order valence-corrected chi connectivity index (χ1v) is 5.51. The molecule has 2 rings (SSSR count). The van der Waals surface area contributed by atoms with Crippen molar-refractivity contribution in [3.05, 3.63) is 24.2 Å². The molecule has 0 radical (unpaired) electrons. The Morgan fingerprint density at radius 2 is 2.24 bits per heavy atom. The second-order valence-corrected chi connectivity index (χ2v) is 4.31. The predicted octanol–water partition coefficient (Wildman–Crippen LogP) is 1.99. The Morgan fingerprint density at radius 1 is 1.53 bits per heavy atom. The summed E-state index contributed by atoms with van der Waals surface area (Å²) in [6, 6.07) is 3.46. The molecule has 0 aliphatic heterocycles. The number of rotatable bonds is 4. The number of carbonyl (C=O) groups is 2. The van der Waals surface area contributed by atoms with Crippen LogP contribution in [-0.4, -0.2) is 17.0 Å². The zero-order valence-electron chi connectivity index (χ0n) is 9.46. The summed E-state index contributed by atoms with van der Waals surface area (Å²) in [7, 11) is 0. The van der Waals surface area contributed by atoms with Crippen molar-refractivity contribution in [1.29, 1.82) is 0 Å². The molecular weight excluding hydrogens is 224 g/mol. The molecule has 1 aromatic heterocycles. The lowest BCUT2D eigenvalue weighted by molar-refractivity contribution is -0.158. The third-order valence-electron chi connectivity index (χ3n) is 3.07. The second kappa shape index (κ2) is 4.61. The highest BCUT2D eigenvalue weighted by Gasteiger charge is 2.42. The van der Waals surface area contributed by atoms with E-state index in [1.165, 1.54) is 13.2 Å². The molecule has 1 aromatic rings. The minimum absolute atomic E-state index is 0.0335. The van der Waals surface area contributed by atoms with Gasteiger partial charge in [-0.05, 0) is 25.0 Å². The van der Waals surface area contributed by atoms with Crippen molar-refractivity contribution in [2.24, 2.45) is 11.8 Å². The molecule has 1 unspecified atom stereocenters. The van der Waals surface area contributed by atoms with Gasteiger partial charge in [0, 0.05) is 12.8 Å². The fourth-order valence-corrected chi connectivity index (χ4v) is 2.13. The van der Waals surface area contributed by atoms with Crippen molar-refractivity contribution >= 4 is 11.9 Å². The van der Waals surface area contributed by atoms with E-state index in [-0.39, 0.29) is 17.8 Å². The number of hydrogen-bond donors (Lipinski definition) is 1. The summed E-state index contributed by atoms with van der Waals surface area (Å²) < 4.78 is 10.4. The SMILES string of the molecule is CC(=O)OC(c1ccco1)C1CC(C(=O)O)C1. The maximum absolute atomic E-state index is 11.0. The fourth-order valence-electron chi connectivity index (χ4n) is 2.13. The van der Waals surface area contributed by atoms with E-state index in [0.29, 0.717) is 18.6 Å². The van der Waals surface area contributed by atoms with Crippen molar-refractivity contribution in [3.63, 3.8) is 0 Å². The summed E-state index contributed by atoms with van der Waals surface area (Å²) in [5, 5.41) is 8.81. The molecule has 0 amide bonds. The second-order valence-electron chi connectivity index (χ2n) is 4.31. The van der Waals surface area contributed by atoms with Crippen LogP contribution < -0.4 is 0 Å². The number of carboxylic acid groups (broad SMARTS) is 1. The first-order chi connectivity index (χ1) is 8.08. The van der Waals surface area contributed by atoms with Gasteiger partial charge in [0.05, 0.1) is 12.2 Å². The average Bonchev–Trinajstić information content (AvgIpc) is 2.64. The molecule has 1 saturated carbocycles. The van der Waals surface area contributed by atoms with Crippen LogP contribution in [0, 0.1) is 11.8 Å². The summed E-state index contributed by atoms with van der Waals surface area (Å²) in [6.07, 6.45) is 2.10. The highest BCUT2D eigenvalue weighted by molar-refractivity contribution is 5.71. The van der Waals surface area contributed by atoms with Crippen LogP contribution in [0.1, 0.15) is 31.6 Å². The number of furan rings is 1. The van der Waals surface area contributed by atoms with Crippen LogP contribution in [0.4, 0.5) is 0 Å². The number of esters is 1. The van der Waals surface area contributed by atoms with E-state index in [1.54, 1.807) is 12.1 Å². The molecule has 1 N–H and O–H groups in total. The zero-order valence-corrected chi connectivity index (χ0v) is 9.46. The lowest BCUT2D eigenvalue weighted by Crippen LogP contribution is -2.35. The minimum Gasteiger partial charge on any atom is -0.481 e. The number of aliphatic carboxylic acids is 1. The molecule has 5 heteroatoms. The van der Waals surface area contributed by atoms with Gasteiger partial charge in [0.1, 0.15) is 5.76 Å². The molecule has 0 bridgehead atoms. The highest BCUT2D eigenvalue weighted by Crippen LogP contribution is 2.44.